The van der Waals surface area contributed by atoms with Crippen LogP contribution in [0.1, 0.15) is 15.4 Å². The number of halogens is 3. The van der Waals surface area contributed by atoms with Crippen LogP contribution in [0.3, 0.4) is 0 Å². The first kappa shape index (κ1) is 22.1. The van der Waals surface area contributed by atoms with E-state index in [0.717, 1.165) is 10.5 Å². The van der Waals surface area contributed by atoms with Gasteiger partial charge in [-0.25, -0.2) is 15.0 Å². The van der Waals surface area contributed by atoms with Crippen LogP contribution in [0.2, 0.25) is 0 Å². The molecule has 8 nitrogen and oxygen atoms in total. The van der Waals surface area contributed by atoms with Gasteiger partial charge in [0, 0.05) is 30.3 Å². The maximum Gasteiger partial charge on any atom is 0.573 e. The quantitative estimate of drug-likeness (QED) is 0.330. The van der Waals surface area contributed by atoms with Gasteiger partial charge >= 0.3 is 6.36 Å². The first-order chi connectivity index (χ1) is 16.2. The number of fused-ring (bicyclic) bond motifs is 2. The lowest BCUT2D eigenvalue weighted by molar-refractivity contribution is -0.274. The number of hydrogen-bond acceptors (Lipinski definition) is 8. The van der Waals surface area contributed by atoms with Crippen molar-refractivity contribution < 1.29 is 22.7 Å². The van der Waals surface area contributed by atoms with E-state index in [4.69, 9.17) is 0 Å². The lowest BCUT2D eigenvalue weighted by Crippen LogP contribution is -2.22. The smallest absolute Gasteiger partial charge is 0.406 e. The van der Waals surface area contributed by atoms with E-state index in [9.17, 15) is 18.0 Å². The molecule has 2 aromatic carbocycles. The van der Waals surface area contributed by atoms with Crippen LogP contribution in [0.5, 0.6) is 5.75 Å². The van der Waals surface area contributed by atoms with Crippen LogP contribution in [0.25, 0.3) is 21.3 Å². The highest BCUT2D eigenvalue weighted by atomic mass is 32.1. The van der Waals surface area contributed by atoms with Crippen LogP contribution in [-0.4, -0.2) is 31.8 Å². The molecular weight excluding hydrogens is 489 g/mol. The second-order valence-electron chi connectivity index (χ2n) is 7.13. The summed E-state index contributed by atoms with van der Waals surface area (Å²) in [6.07, 6.45) is -3.08. The zero-order chi connectivity index (χ0) is 23.9. The molecule has 5 rings (SSSR count). The van der Waals surface area contributed by atoms with Crippen LogP contribution in [0.4, 0.5) is 24.3 Å². The Labute approximate surface area is 198 Å². The van der Waals surface area contributed by atoms with Gasteiger partial charge in [0.05, 0.1) is 27.8 Å². The third kappa shape index (κ3) is 4.65. The number of ether oxygens (including phenoxy) is 1. The second kappa shape index (κ2) is 8.57. The minimum atomic E-state index is -4.76. The molecule has 2 N–H and O–H groups in total. The number of thiazole rings is 2. The molecule has 13 heteroatoms. The standard InChI is InChI=1S/C21H15F3N6O2S2/c1-30-15-5-2-11(18(31)26-10-17-25-6-7-33-17)8-14(15)27-19(30)29-20-28-13-4-3-12(9-16(13)34-20)32-21(22,23)24/h2-9H,10H2,1H3,(H,26,31)(H,27,28,29). The fourth-order valence-corrected chi connectivity index (χ4v) is 4.75. The monoisotopic (exact) mass is 504 g/mol. The van der Waals surface area contributed by atoms with E-state index in [0.29, 0.717) is 38.9 Å². The van der Waals surface area contributed by atoms with Crippen molar-refractivity contribution in [3.05, 3.63) is 58.5 Å². The van der Waals surface area contributed by atoms with E-state index >= 15 is 0 Å². The van der Waals surface area contributed by atoms with Crippen molar-refractivity contribution in [1.82, 2.24) is 24.8 Å². The number of amides is 1. The molecule has 0 aliphatic rings. The largest absolute Gasteiger partial charge is 0.573 e. The summed E-state index contributed by atoms with van der Waals surface area (Å²) in [7, 11) is 1.81. The predicted molar refractivity (Wildman–Crippen MR) is 124 cm³/mol. The van der Waals surface area contributed by atoms with Gasteiger partial charge in [-0.2, -0.15) is 0 Å². The predicted octanol–water partition coefficient (Wildman–Crippen LogP) is 5.21. The molecule has 0 saturated heterocycles. The van der Waals surface area contributed by atoms with Crippen molar-refractivity contribution in [3.63, 3.8) is 0 Å². The summed E-state index contributed by atoms with van der Waals surface area (Å²) in [5, 5.41) is 9.04. The number of alkyl halides is 3. The molecule has 0 unspecified atom stereocenters. The van der Waals surface area contributed by atoms with Crippen molar-refractivity contribution in [2.45, 2.75) is 12.9 Å². The van der Waals surface area contributed by atoms with Crippen molar-refractivity contribution in [1.29, 1.82) is 0 Å². The molecule has 0 radical (unpaired) electrons. The lowest BCUT2D eigenvalue weighted by atomic mass is 10.2. The zero-order valence-electron chi connectivity index (χ0n) is 17.4. The van der Waals surface area contributed by atoms with E-state index in [1.165, 1.54) is 40.9 Å². The highest BCUT2D eigenvalue weighted by Crippen LogP contribution is 2.33. The van der Waals surface area contributed by atoms with Crippen LogP contribution in [-0.2, 0) is 13.6 Å². The number of rotatable bonds is 6. The Morgan fingerprint density at radius 2 is 2.00 bits per heavy atom. The molecule has 0 bridgehead atoms. The van der Waals surface area contributed by atoms with Gasteiger partial charge in [0.15, 0.2) is 5.13 Å². The summed E-state index contributed by atoms with van der Waals surface area (Å²) in [5.41, 5.74) is 2.39. The number of carbonyl (C=O) groups excluding carboxylic acids is 1. The molecule has 1 amide bonds. The van der Waals surface area contributed by atoms with Gasteiger partial charge in [-0.1, -0.05) is 11.3 Å². The summed E-state index contributed by atoms with van der Waals surface area (Å²) in [6.45, 7) is 0.344. The fourth-order valence-electron chi connectivity index (χ4n) is 3.30. The van der Waals surface area contributed by atoms with Crippen LogP contribution < -0.4 is 15.4 Å². The van der Waals surface area contributed by atoms with E-state index in [2.05, 4.69) is 30.3 Å². The number of aromatic nitrogens is 4. The molecule has 0 spiro atoms. The highest BCUT2D eigenvalue weighted by molar-refractivity contribution is 7.22. The number of anilines is 2. The Kier molecular flexibility index (Phi) is 5.57. The molecule has 5 aromatic rings. The highest BCUT2D eigenvalue weighted by Gasteiger charge is 2.31. The lowest BCUT2D eigenvalue weighted by Gasteiger charge is -2.07. The third-order valence-corrected chi connectivity index (χ3v) is 6.55. The third-order valence-electron chi connectivity index (χ3n) is 4.84. The molecule has 0 fully saturated rings. The van der Waals surface area contributed by atoms with Crippen LogP contribution in [0, 0.1) is 0 Å². The molecule has 0 saturated carbocycles. The summed E-state index contributed by atoms with van der Waals surface area (Å²) < 4.78 is 43.7. The Hall–Kier alpha value is -3.71. The summed E-state index contributed by atoms with van der Waals surface area (Å²) in [4.78, 5) is 25.6. The van der Waals surface area contributed by atoms with Crippen molar-refractivity contribution in [2.75, 3.05) is 5.32 Å². The number of aryl methyl sites for hydroxylation is 1. The molecule has 34 heavy (non-hydrogen) atoms. The van der Waals surface area contributed by atoms with Crippen molar-refractivity contribution >= 4 is 60.9 Å². The maximum absolute atomic E-state index is 12.5. The van der Waals surface area contributed by atoms with Crippen molar-refractivity contribution in [2.24, 2.45) is 7.05 Å². The number of nitrogens with one attached hydrogen (secondary N) is 2. The second-order valence-corrected chi connectivity index (χ2v) is 9.14. The van der Waals surface area contributed by atoms with E-state index in [1.54, 1.807) is 29.0 Å². The maximum atomic E-state index is 12.5. The Bertz CT molecular complexity index is 1490. The molecule has 174 valence electrons. The molecule has 3 heterocycles. The SMILES string of the molecule is Cn1c(Nc2nc3ccc(OC(F)(F)F)cc3s2)nc2cc(C(=O)NCc3nccs3)ccc21. The Balaban J connectivity index is 1.35. The number of imidazole rings is 1. The molecule has 0 aliphatic carbocycles. The van der Waals surface area contributed by atoms with Gasteiger partial charge in [0.25, 0.3) is 5.91 Å². The van der Waals surface area contributed by atoms with Gasteiger partial charge in [0.1, 0.15) is 10.8 Å². The number of benzene rings is 2. The average molecular weight is 505 g/mol. The van der Waals surface area contributed by atoms with Gasteiger partial charge < -0.3 is 19.9 Å². The fraction of sp³-hybridized carbons (Fsp3) is 0.143. The van der Waals surface area contributed by atoms with E-state index in [-0.39, 0.29) is 11.7 Å². The van der Waals surface area contributed by atoms with E-state index in [1.807, 2.05) is 12.4 Å². The summed E-state index contributed by atoms with van der Waals surface area (Å²) in [5.74, 6) is -0.0694. The van der Waals surface area contributed by atoms with Crippen LogP contribution >= 0.6 is 22.7 Å². The topological polar surface area (TPSA) is 94.0 Å². The van der Waals surface area contributed by atoms with Gasteiger partial charge in [-0.05, 0) is 30.3 Å². The normalized spacial score (nSPS) is 11.8. The Morgan fingerprint density at radius 1 is 1.15 bits per heavy atom. The first-order valence-corrected chi connectivity index (χ1v) is 11.5. The van der Waals surface area contributed by atoms with Crippen LogP contribution in [0.15, 0.2) is 48.0 Å². The molecular formula is C21H15F3N6O2S2. The molecule has 3 aromatic heterocycles. The first-order valence-electron chi connectivity index (χ1n) is 9.81. The molecule has 0 aliphatic heterocycles. The number of carbonyl (C=O) groups is 1. The molecule has 0 atom stereocenters. The summed E-state index contributed by atoms with van der Waals surface area (Å²) >= 11 is 2.63. The van der Waals surface area contributed by atoms with Crippen molar-refractivity contribution in [3.8, 4) is 5.75 Å². The van der Waals surface area contributed by atoms with E-state index < -0.39 is 6.36 Å². The minimum Gasteiger partial charge on any atom is -0.406 e. The Morgan fingerprint density at radius 3 is 2.76 bits per heavy atom. The number of hydrogen-bond donors (Lipinski definition) is 2. The van der Waals surface area contributed by atoms with Gasteiger partial charge in [0.2, 0.25) is 5.95 Å². The average Bonchev–Trinajstić information content (AvgIpc) is 3.50. The van der Waals surface area contributed by atoms with Gasteiger partial charge in [-0.3, -0.25) is 4.79 Å². The summed E-state index contributed by atoms with van der Waals surface area (Å²) in [6, 6.07) is 9.17. The zero-order valence-corrected chi connectivity index (χ0v) is 19.0. The van der Waals surface area contributed by atoms with Gasteiger partial charge in [-0.15, -0.1) is 24.5 Å². The minimum absolute atomic E-state index is 0.236. The number of nitrogens with zero attached hydrogens (tertiary/aromatic N) is 4.